The van der Waals surface area contributed by atoms with E-state index in [1.165, 1.54) is 0 Å². The fourth-order valence-corrected chi connectivity index (χ4v) is 4.75. The standard InChI is InChI=1S/C23H31N7O4/c1-29-18-12-15(5-6-16(18)20(28-29)17-7-8-19(31)27-22(17)33)26-23(34)25-9-3-11-30-10-2-4-14(13-30)21(24)32/h5-6,12,14,17H,2-4,7-11,13H2,1H3,(H2,24,32)(H2,25,26,34)(H,27,31,33). The number of benzene rings is 1. The van der Waals surface area contributed by atoms with E-state index in [9.17, 15) is 19.2 Å². The minimum Gasteiger partial charge on any atom is -0.369 e. The largest absolute Gasteiger partial charge is 0.369 e. The zero-order valence-corrected chi connectivity index (χ0v) is 19.3. The fraction of sp³-hybridized carbons (Fsp3) is 0.522. The van der Waals surface area contributed by atoms with Crippen LogP contribution in [-0.2, 0) is 21.4 Å². The topological polar surface area (TPSA) is 151 Å². The number of primary amides is 1. The van der Waals surface area contributed by atoms with Gasteiger partial charge in [0, 0.05) is 37.6 Å². The van der Waals surface area contributed by atoms with Crippen molar-refractivity contribution in [2.45, 2.75) is 38.0 Å². The highest BCUT2D eigenvalue weighted by atomic mass is 16.2. The second-order valence-electron chi connectivity index (χ2n) is 9.02. The number of carbonyl (C=O) groups excluding carboxylic acids is 4. The molecule has 3 heterocycles. The van der Waals surface area contributed by atoms with Gasteiger partial charge in [0.2, 0.25) is 17.7 Å². The monoisotopic (exact) mass is 469 g/mol. The number of nitrogens with two attached hydrogens (primary N) is 1. The maximum Gasteiger partial charge on any atom is 0.319 e. The van der Waals surface area contributed by atoms with Gasteiger partial charge in [-0.25, -0.2) is 4.79 Å². The second kappa shape index (κ2) is 10.2. The highest BCUT2D eigenvalue weighted by molar-refractivity contribution is 6.03. The van der Waals surface area contributed by atoms with E-state index < -0.39 is 5.92 Å². The predicted molar refractivity (Wildman–Crippen MR) is 126 cm³/mol. The molecule has 0 saturated carbocycles. The first-order valence-corrected chi connectivity index (χ1v) is 11.7. The summed E-state index contributed by atoms with van der Waals surface area (Å²) in [5, 5.41) is 13.4. The summed E-state index contributed by atoms with van der Waals surface area (Å²) in [5.74, 6) is -1.38. The van der Waals surface area contributed by atoms with Crippen molar-refractivity contribution in [3.8, 4) is 0 Å². The number of likely N-dealkylation sites (tertiary alicyclic amines) is 1. The van der Waals surface area contributed by atoms with Crippen LogP contribution in [0, 0.1) is 5.92 Å². The maximum atomic E-state index is 12.3. The lowest BCUT2D eigenvalue weighted by atomic mass is 9.93. The molecular weight excluding hydrogens is 438 g/mol. The number of nitrogens with one attached hydrogen (secondary N) is 3. The Morgan fingerprint density at radius 2 is 2.09 bits per heavy atom. The number of imide groups is 1. The molecule has 5 N–H and O–H groups in total. The van der Waals surface area contributed by atoms with Gasteiger partial charge in [-0.05, 0) is 57.0 Å². The molecule has 0 radical (unpaired) electrons. The lowest BCUT2D eigenvalue weighted by Gasteiger charge is -2.31. The Labute approximate surface area is 197 Å². The molecule has 2 unspecified atom stereocenters. The van der Waals surface area contributed by atoms with Gasteiger partial charge in [-0.1, -0.05) is 0 Å². The van der Waals surface area contributed by atoms with Gasteiger partial charge in [-0.2, -0.15) is 5.10 Å². The van der Waals surface area contributed by atoms with Gasteiger partial charge < -0.3 is 21.3 Å². The van der Waals surface area contributed by atoms with E-state index in [1.54, 1.807) is 17.8 Å². The molecule has 1 aromatic heterocycles. The summed E-state index contributed by atoms with van der Waals surface area (Å²) in [6, 6.07) is 5.12. The van der Waals surface area contributed by atoms with Gasteiger partial charge in [0.1, 0.15) is 0 Å². The summed E-state index contributed by atoms with van der Waals surface area (Å²) in [6.45, 7) is 2.94. The molecule has 34 heavy (non-hydrogen) atoms. The van der Waals surface area contributed by atoms with Crippen LogP contribution in [0.15, 0.2) is 18.2 Å². The van der Waals surface area contributed by atoms with Crippen molar-refractivity contribution in [3.63, 3.8) is 0 Å². The van der Waals surface area contributed by atoms with Crippen molar-refractivity contribution in [1.82, 2.24) is 25.3 Å². The summed E-state index contributed by atoms with van der Waals surface area (Å²) < 4.78 is 1.68. The second-order valence-corrected chi connectivity index (χ2v) is 9.02. The Morgan fingerprint density at radius 3 is 2.85 bits per heavy atom. The number of hydrogen-bond acceptors (Lipinski definition) is 6. The molecule has 2 atom stereocenters. The number of fused-ring (bicyclic) bond motifs is 1. The molecule has 2 saturated heterocycles. The fourth-order valence-electron chi connectivity index (χ4n) is 4.75. The van der Waals surface area contributed by atoms with E-state index in [2.05, 4.69) is 25.9 Å². The van der Waals surface area contributed by atoms with Crippen LogP contribution >= 0.6 is 0 Å². The van der Waals surface area contributed by atoms with E-state index in [4.69, 9.17) is 5.73 Å². The number of urea groups is 1. The normalized spacial score (nSPS) is 21.3. The van der Waals surface area contributed by atoms with E-state index >= 15 is 0 Å². The molecule has 2 aromatic rings. The van der Waals surface area contributed by atoms with Crippen LogP contribution in [0.3, 0.4) is 0 Å². The van der Waals surface area contributed by atoms with Crippen LogP contribution in [0.2, 0.25) is 0 Å². The molecule has 11 heteroatoms. The van der Waals surface area contributed by atoms with Crippen molar-refractivity contribution in [3.05, 3.63) is 23.9 Å². The molecule has 2 fully saturated rings. The molecule has 11 nitrogen and oxygen atoms in total. The zero-order valence-electron chi connectivity index (χ0n) is 19.3. The molecule has 5 amide bonds. The van der Waals surface area contributed by atoms with Gasteiger partial charge >= 0.3 is 6.03 Å². The summed E-state index contributed by atoms with van der Waals surface area (Å²) in [6.07, 6.45) is 3.30. The molecular formula is C23H31N7O4. The van der Waals surface area contributed by atoms with Gasteiger partial charge in [-0.3, -0.25) is 24.4 Å². The van der Waals surface area contributed by atoms with Crippen LogP contribution in [-0.4, -0.2) is 64.6 Å². The number of aromatic nitrogens is 2. The Bertz CT molecular complexity index is 1110. The quantitative estimate of drug-likeness (QED) is 0.348. The van der Waals surface area contributed by atoms with Crippen LogP contribution in [0.4, 0.5) is 10.5 Å². The van der Waals surface area contributed by atoms with Crippen LogP contribution in [0.1, 0.15) is 43.7 Å². The third kappa shape index (κ3) is 5.36. The van der Waals surface area contributed by atoms with Crippen LogP contribution in [0.5, 0.6) is 0 Å². The molecule has 0 bridgehead atoms. The van der Waals surface area contributed by atoms with E-state index in [-0.39, 0.29) is 36.1 Å². The first kappa shape index (κ1) is 23.7. The van der Waals surface area contributed by atoms with Crippen LogP contribution < -0.4 is 21.7 Å². The van der Waals surface area contributed by atoms with Crippen LogP contribution in [0.25, 0.3) is 10.9 Å². The van der Waals surface area contributed by atoms with Gasteiger partial charge in [-0.15, -0.1) is 0 Å². The van der Waals surface area contributed by atoms with Gasteiger partial charge in [0.05, 0.1) is 23.0 Å². The number of rotatable bonds is 7. The predicted octanol–water partition coefficient (Wildman–Crippen LogP) is 0.802. The van der Waals surface area contributed by atoms with E-state index in [0.717, 1.165) is 43.3 Å². The van der Waals surface area contributed by atoms with Crippen molar-refractivity contribution in [2.75, 3.05) is 31.5 Å². The highest BCUT2D eigenvalue weighted by Gasteiger charge is 2.31. The number of hydrogen-bond donors (Lipinski definition) is 4. The number of carbonyl (C=O) groups is 4. The molecule has 0 spiro atoms. The number of nitrogens with zero attached hydrogens (tertiary/aromatic N) is 3. The van der Waals surface area contributed by atoms with Gasteiger partial charge in [0.25, 0.3) is 0 Å². The van der Waals surface area contributed by atoms with Crippen molar-refractivity contribution >= 4 is 40.3 Å². The zero-order chi connectivity index (χ0) is 24.2. The first-order chi connectivity index (χ1) is 16.3. The molecule has 182 valence electrons. The first-order valence-electron chi connectivity index (χ1n) is 11.7. The third-order valence-corrected chi connectivity index (χ3v) is 6.55. The highest BCUT2D eigenvalue weighted by Crippen LogP contribution is 2.31. The third-order valence-electron chi connectivity index (χ3n) is 6.55. The van der Waals surface area contributed by atoms with Crippen molar-refractivity contribution < 1.29 is 19.2 Å². The Morgan fingerprint density at radius 1 is 1.26 bits per heavy atom. The molecule has 2 aliphatic rings. The molecule has 0 aliphatic carbocycles. The molecule has 4 rings (SSSR count). The minimum absolute atomic E-state index is 0.0811. The maximum absolute atomic E-state index is 12.3. The Hall–Kier alpha value is -3.47. The molecule has 2 aliphatic heterocycles. The SMILES string of the molecule is Cn1nc(C2CCC(=O)NC2=O)c2ccc(NC(=O)NCCCN3CCCC(C(N)=O)C3)cc21. The summed E-state index contributed by atoms with van der Waals surface area (Å²) >= 11 is 0. The van der Waals surface area contributed by atoms with E-state index in [1.807, 2.05) is 12.1 Å². The minimum atomic E-state index is -0.471. The number of aryl methyl sites for hydroxylation is 1. The average Bonchev–Trinajstić information content (AvgIpc) is 3.12. The Kier molecular flexibility index (Phi) is 7.11. The van der Waals surface area contributed by atoms with E-state index in [0.29, 0.717) is 30.9 Å². The lowest BCUT2D eigenvalue weighted by Crippen LogP contribution is -2.42. The van der Waals surface area contributed by atoms with Gasteiger partial charge in [0.15, 0.2) is 0 Å². The summed E-state index contributed by atoms with van der Waals surface area (Å²) in [4.78, 5) is 49.7. The smallest absolute Gasteiger partial charge is 0.319 e. The summed E-state index contributed by atoms with van der Waals surface area (Å²) in [7, 11) is 1.78. The lowest BCUT2D eigenvalue weighted by molar-refractivity contribution is -0.134. The summed E-state index contributed by atoms with van der Waals surface area (Å²) in [5.41, 5.74) is 7.46. The Balaban J connectivity index is 1.30. The van der Waals surface area contributed by atoms with Crippen molar-refractivity contribution in [2.24, 2.45) is 18.7 Å². The number of anilines is 1. The number of amides is 5. The van der Waals surface area contributed by atoms with Crippen molar-refractivity contribution in [1.29, 1.82) is 0 Å². The average molecular weight is 470 g/mol. The number of piperidine rings is 2. The molecule has 1 aromatic carbocycles.